The zero-order chi connectivity index (χ0) is 11.3. The van der Waals surface area contributed by atoms with E-state index in [9.17, 15) is 0 Å². The van der Waals surface area contributed by atoms with Crippen molar-refractivity contribution in [1.29, 1.82) is 0 Å². The van der Waals surface area contributed by atoms with Gasteiger partial charge in [0, 0.05) is 18.9 Å². The molecule has 1 rings (SSSR count). The molecule has 4 heteroatoms. The summed E-state index contributed by atoms with van der Waals surface area (Å²) in [5.74, 6) is 0.839. The lowest BCUT2D eigenvalue weighted by molar-refractivity contribution is 0.443. The molecule has 1 aromatic rings. The third kappa shape index (κ3) is 2.65. The zero-order valence-corrected chi connectivity index (χ0v) is 9.75. The van der Waals surface area contributed by atoms with Crippen LogP contribution in [0.4, 0.5) is 5.82 Å². The maximum atomic E-state index is 5.82. The third-order valence-electron chi connectivity index (χ3n) is 3.01. The van der Waals surface area contributed by atoms with E-state index in [1.165, 1.54) is 0 Å². The number of hydrogen-bond acceptors (Lipinski definition) is 4. The van der Waals surface area contributed by atoms with E-state index >= 15 is 0 Å². The number of anilines is 1. The highest BCUT2D eigenvalue weighted by Crippen LogP contribution is 2.20. The van der Waals surface area contributed by atoms with E-state index in [1.807, 2.05) is 6.92 Å². The lowest BCUT2D eigenvalue weighted by atomic mass is 9.93. The maximum absolute atomic E-state index is 5.82. The highest BCUT2D eigenvalue weighted by atomic mass is 15.1. The number of aryl methyl sites for hydroxylation is 1. The van der Waals surface area contributed by atoms with Gasteiger partial charge >= 0.3 is 0 Å². The van der Waals surface area contributed by atoms with Gasteiger partial charge in [-0.2, -0.15) is 0 Å². The molecule has 4 nitrogen and oxygen atoms in total. The Hall–Kier alpha value is -1.16. The second kappa shape index (κ2) is 5.07. The van der Waals surface area contributed by atoms with Crippen LogP contribution in [0.5, 0.6) is 0 Å². The van der Waals surface area contributed by atoms with Crippen LogP contribution in [0.15, 0.2) is 12.4 Å². The van der Waals surface area contributed by atoms with Crippen LogP contribution in [-0.4, -0.2) is 22.1 Å². The minimum absolute atomic E-state index is 0.0548. The molecular formula is C11H20N4. The Labute approximate surface area is 91.3 Å². The number of aromatic nitrogens is 2. The Morgan fingerprint density at radius 1 is 1.27 bits per heavy atom. The summed E-state index contributed by atoms with van der Waals surface area (Å²) in [7, 11) is 0. The van der Waals surface area contributed by atoms with E-state index in [2.05, 4.69) is 29.1 Å². The summed E-state index contributed by atoms with van der Waals surface area (Å²) in [6.45, 7) is 6.82. The first kappa shape index (κ1) is 11.9. The normalized spacial score (nSPS) is 11.5. The molecule has 0 aliphatic rings. The van der Waals surface area contributed by atoms with Crippen molar-refractivity contribution in [3.63, 3.8) is 0 Å². The largest absolute Gasteiger partial charge is 0.362 e. The lowest BCUT2D eigenvalue weighted by Gasteiger charge is -2.32. The fourth-order valence-electron chi connectivity index (χ4n) is 1.55. The highest BCUT2D eigenvalue weighted by Gasteiger charge is 2.24. The molecule has 0 spiro atoms. The number of nitrogens with one attached hydrogen (secondary N) is 1. The van der Waals surface area contributed by atoms with Gasteiger partial charge in [0.05, 0.1) is 11.2 Å². The first-order valence-corrected chi connectivity index (χ1v) is 5.43. The van der Waals surface area contributed by atoms with Gasteiger partial charge in [0.25, 0.3) is 0 Å². The fraction of sp³-hybridized carbons (Fsp3) is 0.636. The molecule has 0 bridgehead atoms. The molecule has 0 unspecified atom stereocenters. The molecule has 1 aromatic heterocycles. The van der Waals surface area contributed by atoms with Gasteiger partial charge in [-0.15, -0.1) is 0 Å². The average Bonchev–Trinajstić information content (AvgIpc) is 2.29. The molecular weight excluding hydrogens is 188 g/mol. The van der Waals surface area contributed by atoms with Gasteiger partial charge in [0.2, 0.25) is 0 Å². The van der Waals surface area contributed by atoms with Crippen LogP contribution in [0.2, 0.25) is 0 Å². The van der Waals surface area contributed by atoms with Crippen LogP contribution in [0.25, 0.3) is 0 Å². The predicted octanol–water partition coefficient (Wildman–Crippen LogP) is 1.71. The summed E-state index contributed by atoms with van der Waals surface area (Å²) in [5.41, 5.74) is 6.68. The Morgan fingerprint density at radius 3 is 2.33 bits per heavy atom. The molecule has 0 aliphatic heterocycles. The van der Waals surface area contributed by atoms with Crippen LogP contribution >= 0.6 is 0 Å². The van der Waals surface area contributed by atoms with Crippen LogP contribution in [0.3, 0.4) is 0 Å². The monoisotopic (exact) mass is 208 g/mol. The topological polar surface area (TPSA) is 63.8 Å². The van der Waals surface area contributed by atoms with E-state index in [1.54, 1.807) is 12.4 Å². The molecule has 0 radical (unpaired) electrons. The lowest BCUT2D eigenvalue weighted by Crippen LogP contribution is -2.44. The highest BCUT2D eigenvalue weighted by molar-refractivity contribution is 5.41. The Bertz CT molecular complexity index is 299. The molecule has 0 atom stereocenters. The SMILES string of the molecule is CCC(CC)(CN)Nc1nccnc1C. The van der Waals surface area contributed by atoms with Gasteiger partial charge in [-0.25, -0.2) is 4.98 Å². The van der Waals surface area contributed by atoms with Crippen molar-refractivity contribution in [2.75, 3.05) is 11.9 Å². The maximum Gasteiger partial charge on any atom is 0.147 e. The second-order valence-corrected chi connectivity index (χ2v) is 3.81. The third-order valence-corrected chi connectivity index (χ3v) is 3.01. The van der Waals surface area contributed by atoms with E-state index in [0.29, 0.717) is 6.54 Å². The number of nitrogens with zero attached hydrogens (tertiary/aromatic N) is 2. The van der Waals surface area contributed by atoms with Crippen LogP contribution in [-0.2, 0) is 0 Å². The van der Waals surface area contributed by atoms with Gasteiger partial charge in [-0.1, -0.05) is 13.8 Å². The van der Waals surface area contributed by atoms with Crippen LogP contribution in [0, 0.1) is 6.92 Å². The molecule has 0 saturated heterocycles. The van der Waals surface area contributed by atoms with Crippen molar-refractivity contribution in [3.05, 3.63) is 18.1 Å². The molecule has 0 saturated carbocycles. The molecule has 1 heterocycles. The predicted molar refractivity (Wildman–Crippen MR) is 62.8 cm³/mol. The standard InChI is InChI=1S/C11H20N4/c1-4-11(5-2,8-12)15-10-9(3)13-6-7-14-10/h6-7H,4-5,8,12H2,1-3H3,(H,14,15). The summed E-state index contributed by atoms with van der Waals surface area (Å²) in [5, 5.41) is 3.41. The van der Waals surface area contributed by atoms with Crippen molar-refractivity contribution in [2.45, 2.75) is 39.2 Å². The van der Waals surface area contributed by atoms with E-state index in [4.69, 9.17) is 5.73 Å². The molecule has 0 amide bonds. The average molecular weight is 208 g/mol. The number of nitrogens with two attached hydrogens (primary N) is 1. The fourth-order valence-corrected chi connectivity index (χ4v) is 1.55. The molecule has 15 heavy (non-hydrogen) atoms. The minimum Gasteiger partial charge on any atom is -0.362 e. The van der Waals surface area contributed by atoms with Gasteiger partial charge in [-0.05, 0) is 19.8 Å². The van der Waals surface area contributed by atoms with Crippen LogP contribution < -0.4 is 11.1 Å². The van der Waals surface area contributed by atoms with Crippen molar-refractivity contribution in [2.24, 2.45) is 5.73 Å². The van der Waals surface area contributed by atoms with Crippen molar-refractivity contribution in [3.8, 4) is 0 Å². The zero-order valence-electron chi connectivity index (χ0n) is 9.75. The van der Waals surface area contributed by atoms with E-state index < -0.39 is 0 Å². The summed E-state index contributed by atoms with van der Waals surface area (Å²) in [4.78, 5) is 8.48. The van der Waals surface area contributed by atoms with Gasteiger partial charge in [0.15, 0.2) is 0 Å². The second-order valence-electron chi connectivity index (χ2n) is 3.81. The molecule has 3 N–H and O–H groups in total. The Morgan fingerprint density at radius 2 is 1.87 bits per heavy atom. The molecule has 84 valence electrons. The Kier molecular flexibility index (Phi) is 4.03. The molecule has 0 fully saturated rings. The Balaban J connectivity index is 2.88. The van der Waals surface area contributed by atoms with Crippen LogP contribution in [0.1, 0.15) is 32.4 Å². The minimum atomic E-state index is -0.0548. The first-order valence-electron chi connectivity index (χ1n) is 5.43. The quantitative estimate of drug-likeness (QED) is 0.773. The first-order chi connectivity index (χ1) is 7.17. The van der Waals surface area contributed by atoms with Gasteiger partial charge in [-0.3, -0.25) is 4.98 Å². The number of rotatable bonds is 5. The van der Waals surface area contributed by atoms with Crippen molar-refractivity contribution >= 4 is 5.82 Å². The van der Waals surface area contributed by atoms with E-state index in [-0.39, 0.29) is 5.54 Å². The smallest absolute Gasteiger partial charge is 0.147 e. The summed E-state index contributed by atoms with van der Waals surface area (Å²) in [6, 6.07) is 0. The number of hydrogen-bond donors (Lipinski definition) is 2. The van der Waals surface area contributed by atoms with E-state index in [0.717, 1.165) is 24.4 Å². The molecule has 0 aliphatic carbocycles. The van der Waals surface area contributed by atoms with Crippen molar-refractivity contribution < 1.29 is 0 Å². The van der Waals surface area contributed by atoms with Crippen molar-refractivity contribution in [1.82, 2.24) is 9.97 Å². The molecule has 0 aromatic carbocycles. The summed E-state index contributed by atoms with van der Waals surface area (Å²) >= 11 is 0. The summed E-state index contributed by atoms with van der Waals surface area (Å²) < 4.78 is 0. The van der Waals surface area contributed by atoms with Gasteiger partial charge in [0.1, 0.15) is 5.82 Å². The summed E-state index contributed by atoms with van der Waals surface area (Å²) in [6.07, 6.45) is 5.36. The van der Waals surface area contributed by atoms with Gasteiger partial charge < -0.3 is 11.1 Å².